The summed E-state index contributed by atoms with van der Waals surface area (Å²) in [4.78, 5) is 21.8. The standard InChI is InChI=1S/C20H27N5O/c1-15-5-4-6-16(2)17(15)22-19(26)25-10-7-20(8-11-25)18-21-9-12-24(18)14-13-23(20)3/h4-6,9,12H,7-8,10-11,13-14H2,1-3H3,(H,22,26). The van der Waals surface area contributed by atoms with Crippen LogP contribution in [0.15, 0.2) is 30.6 Å². The van der Waals surface area contributed by atoms with E-state index in [0.717, 1.165) is 61.7 Å². The number of urea groups is 1. The highest BCUT2D eigenvalue weighted by Crippen LogP contribution is 2.39. The van der Waals surface area contributed by atoms with Gasteiger partial charge in [0, 0.05) is 44.3 Å². The van der Waals surface area contributed by atoms with Gasteiger partial charge in [0.15, 0.2) is 0 Å². The smallest absolute Gasteiger partial charge is 0.321 e. The summed E-state index contributed by atoms with van der Waals surface area (Å²) >= 11 is 0. The van der Waals surface area contributed by atoms with E-state index in [1.807, 2.05) is 43.1 Å². The fourth-order valence-electron chi connectivity index (χ4n) is 4.42. The maximum atomic E-state index is 12.8. The first-order valence-electron chi connectivity index (χ1n) is 9.36. The summed E-state index contributed by atoms with van der Waals surface area (Å²) in [5, 5.41) is 3.12. The van der Waals surface area contributed by atoms with E-state index in [1.54, 1.807) is 0 Å². The van der Waals surface area contributed by atoms with Gasteiger partial charge in [0.2, 0.25) is 0 Å². The Hall–Kier alpha value is -2.34. The summed E-state index contributed by atoms with van der Waals surface area (Å²) in [6.07, 6.45) is 5.81. The SMILES string of the molecule is Cc1cccc(C)c1NC(=O)N1CCC2(CC1)c1nccn1CCN2C. The second kappa shape index (κ2) is 6.43. The summed E-state index contributed by atoms with van der Waals surface area (Å²) in [5.41, 5.74) is 3.08. The first-order valence-corrected chi connectivity index (χ1v) is 9.36. The number of amides is 2. The van der Waals surface area contributed by atoms with E-state index in [4.69, 9.17) is 0 Å². The third kappa shape index (κ3) is 2.69. The van der Waals surface area contributed by atoms with Crippen LogP contribution in [0, 0.1) is 13.8 Å². The normalized spacial score (nSPS) is 19.4. The number of fused-ring (bicyclic) bond motifs is 2. The fourth-order valence-corrected chi connectivity index (χ4v) is 4.42. The van der Waals surface area contributed by atoms with E-state index in [2.05, 4.69) is 33.0 Å². The predicted octanol–water partition coefficient (Wildman–Crippen LogP) is 2.97. The molecule has 138 valence electrons. The van der Waals surface area contributed by atoms with Crippen LogP contribution in [0.3, 0.4) is 0 Å². The van der Waals surface area contributed by atoms with Crippen molar-refractivity contribution in [2.75, 3.05) is 32.0 Å². The molecule has 4 rings (SSSR count). The molecule has 1 aromatic heterocycles. The number of benzene rings is 1. The molecule has 3 heterocycles. The monoisotopic (exact) mass is 353 g/mol. The van der Waals surface area contributed by atoms with Crippen LogP contribution in [0.2, 0.25) is 0 Å². The van der Waals surface area contributed by atoms with Crippen LogP contribution in [-0.4, -0.2) is 52.1 Å². The number of carbonyl (C=O) groups is 1. The Morgan fingerprint density at radius 1 is 1.12 bits per heavy atom. The highest BCUT2D eigenvalue weighted by Gasteiger charge is 2.45. The minimum atomic E-state index is -0.0445. The largest absolute Gasteiger partial charge is 0.332 e. The maximum Gasteiger partial charge on any atom is 0.321 e. The van der Waals surface area contributed by atoms with E-state index in [1.165, 1.54) is 0 Å². The summed E-state index contributed by atoms with van der Waals surface area (Å²) in [6.45, 7) is 7.57. The zero-order valence-electron chi connectivity index (χ0n) is 15.8. The number of anilines is 1. The van der Waals surface area contributed by atoms with Crippen molar-refractivity contribution >= 4 is 11.7 Å². The fraction of sp³-hybridized carbons (Fsp3) is 0.500. The lowest BCUT2D eigenvalue weighted by Crippen LogP contribution is -2.57. The zero-order chi connectivity index (χ0) is 18.3. The molecule has 2 aliphatic heterocycles. The van der Waals surface area contributed by atoms with E-state index >= 15 is 0 Å². The molecule has 1 fully saturated rings. The number of hydrogen-bond donors (Lipinski definition) is 1. The highest BCUT2D eigenvalue weighted by molar-refractivity contribution is 5.91. The molecule has 1 aromatic carbocycles. The second-order valence-corrected chi connectivity index (χ2v) is 7.58. The average molecular weight is 353 g/mol. The van der Waals surface area contributed by atoms with Crippen molar-refractivity contribution in [3.63, 3.8) is 0 Å². The van der Waals surface area contributed by atoms with Gasteiger partial charge in [-0.05, 0) is 44.9 Å². The number of rotatable bonds is 1. The quantitative estimate of drug-likeness (QED) is 0.857. The van der Waals surface area contributed by atoms with Gasteiger partial charge in [-0.2, -0.15) is 0 Å². The molecule has 0 unspecified atom stereocenters. The number of likely N-dealkylation sites (N-methyl/N-ethyl adjacent to an activating group) is 1. The van der Waals surface area contributed by atoms with Crippen molar-refractivity contribution < 1.29 is 4.79 Å². The molecular weight excluding hydrogens is 326 g/mol. The Balaban J connectivity index is 1.48. The summed E-state index contributed by atoms with van der Waals surface area (Å²) < 4.78 is 2.27. The van der Waals surface area contributed by atoms with Gasteiger partial charge in [0.05, 0.1) is 5.54 Å². The molecule has 0 bridgehead atoms. The molecule has 2 aliphatic rings. The van der Waals surface area contributed by atoms with Gasteiger partial charge in [-0.3, -0.25) is 4.90 Å². The molecule has 0 saturated carbocycles. The van der Waals surface area contributed by atoms with E-state index in [9.17, 15) is 4.79 Å². The van der Waals surface area contributed by atoms with Crippen molar-refractivity contribution in [1.82, 2.24) is 19.4 Å². The number of imidazole rings is 1. The van der Waals surface area contributed by atoms with Gasteiger partial charge >= 0.3 is 6.03 Å². The summed E-state index contributed by atoms with van der Waals surface area (Å²) in [5.74, 6) is 1.15. The van der Waals surface area contributed by atoms with Crippen LogP contribution >= 0.6 is 0 Å². The van der Waals surface area contributed by atoms with Gasteiger partial charge in [0.1, 0.15) is 5.82 Å². The molecule has 1 spiro atoms. The number of aryl methyl sites for hydroxylation is 2. The van der Waals surface area contributed by atoms with Gasteiger partial charge < -0.3 is 14.8 Å². The van der Waals surface area contributed by atoms with Crippen LogP contribution in [0.1, 0.15) is 29.8 Å². The summed E-state index contributed by atoms with van der Waals surface area (Å²) in [6, 6.07) is 6.08. The molecule has 2 aromatic rings. The van der Waals surface area contributed by atoms with E-state index < -0.39 is 0 Å². The Kier molecular flexibility index (Phi) is 4.23. The molecular formula is C20H27N5O. The van der Waals surface area contributed by atoms with Crippen molar-refractivity contribution in [2.45, 2.75) is 38.8 Å². The van der Waals surface area contributed by atoms with Gasteiger partial charge in [-0.15, -0.1) is 0 Å². The Morgan fingerprint density at radius 2 is 1.81 bits per heavy atom. The Labute approximate surface area is 154 Å². The van der Waals surface area contributed by atoms with Crippen molar-refractivity contribution in [1.29, 1.82) is 0 Å². The molecule has 1 saturated heterocycles. The minimum Gasteiger partial charge on any atom is -0.332 e. The average Bonchev–Trinajstić information content (AvgIpc) is 3.12. The lowest BCUT2D eigenvalue weighted by Gasteiger charge is -2.49. The van der Waals surface area contributed by atoms with Crippen molar-refractivity contribution in [3.05, 3.63) is 47.5 Å². The topological polar surface area (TPSA) is 53.4 Å². The molecule has 0 aliphatic carbocycles. The third-order valence-corrected chi connectivity index (χ3v) is 6.13. The van der Waals surface area contributed by atoms with Crippen LogP contribution in [-0.2, 0) is 12.1 Å². The van der Waals surface area contributed by atoms with Gasteiger partial charge in [-0.25, -0.2) is 9.78 Å². The van der Waals surface area contributed by atoms with Crippen LogP contribution in [0.5, 0.6) is 0 Å². The molecule has 0 atom stereocenters. The third-order valence-electron chi connectivity index (χ3n) is 6.13. The molecule has 6 heteroatoms. The zero-order valence-corrected chi connectivity index (χ0v) is 15.8. The van der Waals surface area contributed by atoms with Crippen LogP contribution in [0.25, 0.3) is 0 Å². The molecule has 26 heavy (non-hydrogen) atoms. The maximum absolute atomic E-state index is 12.8. The predicted molar refractivity (Wildman–Crippen MR) is 102 cm³/mol. The number of piperidine rings is 1. The van der Waals surface area contributed by atoms with E-state index in [-0.39, 0.29) is 11.6 Å². The van der Waals surface area contributed by atoms with Crippen molar-refractivity contribution in [2.24, 2.45) is 0 Å². The molecule has 6 nitrogen and oxygen atoms in total. The number of likely N-dealkylation sites (tertiary alicyclic amines) is 1. The van der Waals surface area contributed by atoms with Gasteiger partial charge in [-0.1, -0.05) is 18.2 Å². The van der Waals surface area contributed by atoms with Crippen LogP contribution in [0.4, 0.5) is 10.5 Å². The first kappa shape index (κ1) is 17.1. The lowest BCUT2D eigenvalue weighted by atomic mass is 9.83. The number of nitrogens with one attached hydrogen (secondary N) is 1. The Morgan fingerprint density at radius 3 is 2.50 bits per heavy atom. The lowest BCUT2D eigenvalue weighted by molar-refractivity contribution is 0.0197. The van der Waals surface area contributed by atoms with Gasteiger partial charge in [0.25, 0.3) is 0 Å². The summed E-state index contributed by atoms with van der Waals surface area (Å²) in [7, 11) is 2.19. The second-order valence-electron chi connectivity index (χ2n) is 7.58. The first-order chi connectivity index (χ1) is 12.5. The number of hydrogen-bond acceptors (Lipinski definition) is 3. The number of para-hydroxylation sites is 1. The molecule has 1 N–H and O–H groups in total. The molecule has 2 amide bonds. The van der Waals surface area contributed by atoms with Crippen molar-refractivity contribution in [3.8, 4) is 0 Å². The Bertz CT molecular complexity index is 799. The molecule has 0 radical (unpaired) electrons. The minimum absolute atomic E-state index is 0.000876. The number of aromatic nitrogens is 2. The van der Waals surface area contributed by atoms with Crippen LogP contribution < -0.4 is 5.32 Å². The number of nitrogens with zero attached hydrogens (tertiary/aromatic N) is 4. The van der Waals surface area contributed by atoms with E-state index in [0.29, 0.717) is 0 Å². The highest BCUT2D eigenvalue weighted by atomic mass is 16.2. The number of carbonyl (C=O) groups excluding carboxylic acids is 1.